The van der Waals surface area contributed by atoms with E-state index >= 15 is 0 Å². The van der Waals surface area contributed by atoms with Crippen LogP contribution in [0, 0.1) is 0 Å². The van der Waals surface area contributed by atoms with E-state index in [0.717, 1.165) is 60.1 Å². The number of aromatic amines is 2. The summed E-state index contributed by atoms with van der Waals surface area (Å²) in [5.74, 6) is 2.09. The molecule has 4 N–H and O–H groups in total. The fourth-order valence-electron chi connectivity index (χ4n) is 5.86. The fraction of sp³-hybridized carbons (Fsp3) is 0.273. The number of benzene rings is 3. The van der Waals surface area contributed by atoms with E-state index in [1.54, 1.807) is 0 Å². The number of hydrogen-bond donors (Lipinski definition) is 4. The van der Waals surface area contributed by atoms with Crippen LogP contribution >= 0.6 is 0 Å². The molecule has 6 nitrogen and oxygen atoms in total. The molecule has 4 heterocycles. The van der Waals surface area contributed by atoms with Gasteiger partial charge >= 0.3 is 0 Å². The Labute approximate surface area is 229 Å². The SMILES string of the molecule is c1cc(-c2ccc(-c3cnc(C4CCCN4)[nH]3)cc2)ccc1-c1ccc(-c2cnc(C3CCCCN3)[nH]2)cc1. The third kappa shape index (κ3) is 5.05. The minimum atomic E-state index is 0.346. The number of imidazole rings is 2. The molecule has 39 heavy (non-hydrogen) atoms. The second-order valence-corrected chi connectivity index (χ2v) is 10.7. The molecule has 0 amide bonds. The molecule has 7 rings (SSSR count). The number of H-pyrrole nitrogens is 2. The van der Waals surface area contributed by atoms with Crippen molar-refractivity contribution in [2.75, 3.05) is 13.1 Å². The molecule has 2 saturated heterocycles. The van der Waals surface area contributed by atoms with Gasteiger partial charge in [0, 0.05) is 0 Å². The summed E-state index contributed by atoms with van der Waals surface area (Å²) < 4.78 is 0. The van der Waals surface area contributed by atoms with Crippen LogP contribution in [0.2, 0.25) is 0 Å². The summed E-state index contributed by atoms with van der Waals surface area (Å²) in [6, 6.07) is 27.0. The lowest BCUT2D eigenvalue weighted by molar-refractivity contribution is 0.399. The summed E-state index contributed by atoms with van der Waals surface area (Å²) in [5.41, 5.74) is 9.31. The van der Waals surface area contributed by atoms with E-state index in [1.807, 2.05) is 12.4 Å². The molecule has 0 spiro atoms. The van der Waals surface area contributed by atoms with E-state index in [2.05, 4.69) is 103 Å². The molecule has 0 bridgehead atoms. The zero-order valence-electron chi connectivity index (χ0n) is 22.1. The van der Waals surface area contributed by atoms with E-state index in [9.17, 15) is 0 Å². The van der Waals surface area contributed by atoms with Gasteiger partial charge in [-0.2, -0.15) is 0 Å². The lowest BCUT2D eigenvalue weighted by atomic mass is 9.98. The highest BCUT2D eigenvalue weighted by Crippen LogP contribution is 2.30. The zero-order chi connectivity index (χ0) is 26.0. The van der Waals surface area contributed by atoms with Gasteiger partial charge in [0.2, 0.25) is 0 Å². The minimum absolute atomic E-state index is 0.346. The van der Waals surface area contributed by atoms with E-state index in [0.29, 0.717) is 12.1 Å². The van der Waals surface area contributed by atoms with Crippen LogP contribution in [0.15, 0.2) is 85.2 Å². The Balaban J connectivity index is 1.03. The molecule has 0 saturated carbocycles. The second kappa shape index (κ2) is 10.6. The standard InChI is InChI=1S/C33H34N6/c1-2-18-34-28(4-1)32-36-20-30(38-32)26-14-10-24(11-15-26)22-6-8-23(9-7-22)25-12-16-27(17-13-25)31-21-37-33(39-31)29-5-3-19-35-29/h6-17,20-21,28-29,34-35H,1-5,18-19H2,(H,36,38)(H,37,39). The summed E-state index contributed by atoms with van der Waals surface area (Å²) in [6.45, 7) is 2.15. The molecule has 0 radical (unpaired) electrons. The Morgan fingerprint density at radius 2 is 0.846 bits per heavy atom. The zero-order valence-corrected chi connectivity index (χ0v) is 22.1. The van der Waals surface area contributed by atoms with Crippen LogP contribution in [-0.4, -0.2) is 33.0 Å². The number of rotatable bonds is 6. The van der Waals surface area contributed by atoms with E-state index in [-0.39, 0.29) is 0 Å². The first-order valence-electron chi connectivity index (χ1n) is 14.2. The molecule has 2 aliphatic heterocycles. The minimum Gasteiger partial charge on any atom is -0.341 e. The molecule has 2 aromatic heterocycles. The molecule has 2 fully saturated rings. The van der Waals surface area contributed by atoms with Crippen molar-refractivity contribution in [1.29, 1.82) is 0 Å². The first kappa shape index (κ1) is 24.1. The van der Waals surface area contributed by atoms with Gasteiger partial charge in [0.1, 0.15) is 11.6 Å². The molecule has 5 aromatic rings. The number of nitrogens with one attached hydrogen (secondary N) is 4. The van der Waals surface area contributed by atoms with Crippen molar-refractivity contribution in [3.63, 3.8) is 0 Å². The van der Waals surface area contributed by atoms with Gasteiger partial charge in [-0.25, -0.2) is 9.97 Å². The predicted molar refractivity (Wildman–Crippen MR) is 157 cm³/mol. The van der Waals surface area contributed by atoms with E-state index < -0.39 is 0 Å². The highest BCUT2D eigenvalue weighted by molar-refractivity contribution is 5.73. The highest BCUT2D eigenvalue weighted by Gasteiger charge is 2.19. The summed E-state index contributed by atoms with van der Waals surface area (Å²) in [5, 5.41) is 7.07. The van der Waals surface area contributed by atoms with Gasteiger partial charge in [-0.15, -0.1) is 0 Å². The third-order valence-electron chi connectivity index (χ3n) is 8.17. The summed E-state index contributed by atoms with van der Waals surface area (Å²) in [4.78, 5) is 16.3. The summed E-state index contributed by atoms with van der Waals surface area (Å²) in [6.07, 6.45) is 9.93. The number of aromatic nitrogens is 4. The van der Waals surface area contributed by atoms with Gasteiger partial charge < -0.3 is 20.6 Å². The molecule has 2 atom stereocenters. The normalized spacial score (nSPS) is 19.4. The van der Waals surface area contributed by atoms with Crippen molar-refractivity contribution >= 4 is 0 Å². The number of hydrogen-bond acceptors (Lipinski definition) is 4. The first-order chi connectivity index (χ1) is 19.3. The van der Waals surface area contributed by atoms with Crippen LogP contribution in [-0.2, 0) is 0 Å². The van der Waals surface area contributed by atoms with Crippen molar-refractivity contribution in [3.8, 4) is 44.8 Å². The van der Waals surface area contributed by atoms with E-state index in [1.165, 1.54) is 41.5 Å². The maximum atomic E-state index is 4.65. The van der Waals surface area contributed by atoms with E-state index in [4.69, 9.17) is 0 Å². The molecule has 196 valence electrons. The molecule has 6 heteroatoms. The Hall–Kier alpha value is -4.00. The van der Waals surface area contributed by atoms with Gasteiger partial charge in [-0.1, -0.05) is 79.2 Å². The Bertz CT molecular complexity index is 1520. The van der Waals surface area contributed by atoms with Crippen LogP contribution in [0.3, 0.4) is 0 Å². The van der Waals surface area contributed by atoms with Crippen molar-refractivity contribution < 1.29 is 0 Å². The molecule has 3 aromatic carbocycles. The Kier molecular flexibility index (Phi) is 6.56. The molecular formula is C33H34N6. The fourth-order valence-corrected chi connectivity index (χ4v) is 5.86. The van der Waals surface area contributed by atoms with Crippen LogP contribution in [0.5, 0.6) is 0 Å². The lowest BCUT2D eigenvalue weighted by Crippen LogP contribution is -2.27. The van der Waals surface area contributed by atoms with Gasteiger partial charge in [-0.05, 0) is 72.2 Å². The van der Waals surface area contributed by atoms with Crippen molar-refractivity contribution in [1.82, 2.24) is 30.6 Å². The molecular weight excluding hydrogens is 480 g/mol. The first-order valence-corrected chi connectivity index (χ1v) is 14.2. The maximum Gasteiger partial charge on any atom is 0.123 e. The Morgan fingerprint density at radius 3 is 1.23 bits per heavy atom. The van der Waals surface area contributed by atoms with Crippen LogP contribution in [0.1, 0.15) is 55.8 Å². The van der Waals surface area contributed by atoms with Gasteiger partial charge in [0.25, 0.3) is 0 Å². The molecule has 2 unspecified atom stereocenters. The highest BCUT2D eigenvalue weighted by atomic mass is 15.0. The summed E-state index contributed by atoms with van der Waals surface area (Å²) >= 11 is 0. The average molecular weight is 515 g/mol. The third-order valence-corrected chi connectivity index (χ3v) is 8.17. The lowest BCUT2D eigenvalue weighted by Gasteiger charge is -2.21. The van der Waals surface area contributed by atoms with Crippen molar-refractivity contribution in [2.24, 2.45) is 0 Å². The monoisotopic (exact) mass is 514 g/mol. The maximum absolute atomic E-state index is 4.65. The Morgan fingerprint density at radius 1 is 0.462 bits per heavy atom. The smallest absolute Gasteiger partial charge is 0.123 e. The number of nitrogens with zero attached hydrogens (tertiary/aromatic N) is 2. The summed E-state index contributed by atoms with van der Waals surface area (Å²) in [7, 11) is 0. The van der Waals surface area contributed by atoms with Gasteiger partial charge in [0.05, 0.1) is 35.9 Å². The predicted octanol–water partition coefficient (Wildman–Crippen LogP) is 7.04. The largest absolute Gasteiger partial charge is 0.341 e. The van der Waals surface area contributed by atoms with Crippen molar-refractivity contribution in [2.45, 2.75) is 44.2 Å². The van der Waals surface area contributed by atoms with Crippen LogP contribution < -0.4 is 10.6 Å². The topological polar surface area (TPSA) is 81.4 Å². The van der Waals surface area contributed by atoms with Crippen molar-refractivity contribution in [3.05, 3.63) is 96.8 Å². The quantitative estimate of drug-likeness (QED) is 0.196. The van der Waals surface area contributed by atoms with Gasteiger partial charge in [-0.3, -0.25) is 0 Å². The van der Waals surface area contributed by atoms with Crippen LogP contribution in [0.25, 0.3) is 44.8 Å². The second-order valence-electron chi connectivity index (χ2n) is 10.7. The van der Waals surface area contributed by atoms with Crippen LogP contribution in [0.4, 0.5) is 0 Å². The number of piperidine rings is 1. The average Bonchev–Trinajstić information content (AvgIpc) is 3.80. The molecule has 0 aliphatic carbocycles. The molecule has 2 aliphatic rings. The van der Waals surface area contributed by atoms with Gasteiger partial charge in [0.15, 0.2) is 0 Å².